The molecule has 0 radical (unpaired) electrons. The molecule has 0 unspecified atom stereocenters. The predicted molar refractivity (Wildman–Crippen MR) is 113 cm³/mol. The molecule has 2 atom stereocenters. The van der Waals surface area contributed by atoms with Crippen LogP contribution in [-0.4, -0.2) is 67.3 Å². The van der Waals surface area contributed by atoms with Gasteiger partial charge in [-0.05, 0) is 39.2 Å². The van der Waals surface area contributed by atoms with Gasteiger partial charge in [0.25, 0.3) is 0 Å². The Kier molecular flexibility index (Phi) is 8.04. The third kappa shape index (κ3) is 6.70. The van der Waals surface area contributed by atoms with Crippen LogP contribution in [0.3, 0.4) is 0 Å². The van der Waals surface area contributed by atoms with E-state index in [1.807, 2.05) is 4.90 Å². The summed E-state index contributed by atoms with van der Waals surface area (Å²) in [5.74, 6) is 0.269. The Morgan fingerprint density at radius 2 is 1.90 bits per heavy atom. The zero-order chi connectivity index (χ0) is 22.6. The van der Waals surface area contributed by atoms with Crippen LogP contribution >= 0.6 is 11.6 Å². The summed E-state index contributed by atoms with van der Waals surface area (Å²) in [6.07, 6.45) is -1.09. The Morgan fingerprint density at radius 1 is 1.26 bits per heavy atom. The molecule has 10 heteroatoms. The second-order valence-corrected chi connectivity index (χ2v) is 8.86. The highest BCUT2D eigenvalue weighted by Crippen LogP contribution is 2.34. The maximum absolute atomic E-state index is 12.8. The third-order valence-corrected chi connectivity index (χ3v) is 6.04. The Labute approximate surface area is 186 Å². The predicted octanol–water partition coefficient (Wildman–Crippen LogP) is 3.59. The number of alkyl halides is 3. The quantitative estimate of drug-likeness (QED) is 0.655. The molecule has 1 aromatic heterocycles. The molecular formula is C21H30ClF3N4O2. The SMILES string of the molecule is C[C@H]1CN(CCCNC(=O)C2CCN(c3ncc(C(F)(F)F)cc3Cl)CC2)C[C@H](C)O1. The molecule has 0 aromatic carbocycles. The second kappa shape index (κ2) is 10.4. The molecule has 2 aliphatic heterocycles. The summed E-state index contributed by atoms with van der Waals surface area (Å²) >= 11 is 6.04. The number of carbonyl (C=O) groups is 1. The standard InChI is InChI=1S/C21H30ClF3N4O2/c1-14-12-28(13-15(2)31-14)7-3-6-26-20(30)16-4-8-29(9-5-16)19-18(22)10-17(11-27-19)21(23,24)25/h10-11,14-16H,3-9,12-13H2,1-2H3,(H,26,30)/t14-,15-/m0/s1. The number of nitrogens with zero attached hydrogens (tertiary/aromatic N) is 3. The molecule has 0 spiro atoms. The Bertz CT molecular complexity index is 747. The number of nitrogens with one attached hydrogen (secondary N) is 1. The van der Waals surface area contributed by atoms with Gasteiger partial charge < -0.3 is 15.0 Å². The molecular weight excluding hydrogens is 433 g/mol. The van der Waals surface area contributed by atoms with Crippen molar-refractivity contribution in [3.63, 3.8) is 0 Å². The van der Waals surface area contributed by atoms with Crippen LogP contribution in [0, 0.1) is 5.92 Å². The minimum atomic E-state index is -4.47. The molecule has 1 N–H and O–H groups in total. The molecule has 2 fully saturated rings. The molecule has 1 aromatic rings. The summed E-state index contributed by atoms with van der Waals surface area (Å²) in [6, 6.07) is 0.901. The van der Waals surface area contributed by atoms with Crippen molar-refractivity contribution in [1.82, 2.24) is 15.2 Å². The van der Waals surface area contributed by atoms with Crippen molar-refractivity contribution in [3.8, 4) is 0 Å². The van der Waals surface area contributed by atoms with Crippen molar-refractivity contribution in [2.24, 2.45) is 5.92 Å². The highest BCUT2D eigenvalue weighted by Gasteiger charge is 2.33. The maximum Gasteiger partial charge on any atom is 0.417 e. The lowest BCUT2D eigenvalue weighted by atomic mass is 9.96. The van der Waals surface area contributed by atoms with Crippen LogP contribution < -0.4 is 10.2 Å². The fourth-order valence-corrected chi connectivity index (χ4v) is 4.58. The molecule has 1 amide bonds. The molecule has 6 nitrogen and oxygen atoms in total. The van der Waals surface area contributed by atoms with Crippen molar-refractivity contribution in [2.45, 2.75) is 51.5 Å². The van der Waals surface area contributed by atoms with Gasteiger partial charge in [-0.2, -0.15) is 13.2 Å². The second-order valence-electron chi connectivity index (χ2n) is 8.45. The molecule has 0 saturated carbocycles. The van der Waals surface area contributed by atoms with Gasteiger partial charge >= 0.3 is 6.18 Å². The first-order valence-electron chi connectivity index (χ1n) is 10.8. The van der Waals surface area contributed by atoms with E-state index in [0.717, 1.165) is 38.3 Å². The van der Waals surface area contributed by atoms with E-state index in [9.17, 15) is 18.0 Å². The Hall–Kier alpha value is -1.58. The zero-order valence-electron chi connectivity index (χ0n) is 17.9. The summed E-state index contributed by atoms with van der Waals surface area (Å²) < 4.78 is 44.1. The summed E-state index contributed by atoms with van der Waals surface area (Å²) in [5, 5.41) is 3.00. The highest BCUT2D eigenvalue weighted by molar-refractivity contribution is 6.33. The van der Waals surface area contributed by atoms with Crippen molar-refractivity contribution in [1.29, 1.82) is 0 Å². The van der Waals surface area contributed by atoms with E-state index in [1.165, 1.54) is 0 Å². The topological polar surface area (TPSA) is 57.7 Å². The molecule has 0 bridgehead atoms. The van der Waals surface area contributed by atoms with Crippen molar-refractivity contribution in [2.75, 3.05) is 44.2 Å². The van der Waals surface area contributed by atoms with Crippen LogP contribution in [0.1, 0.15) is 38.7 Å². The highest BCUT2D eigenvalue weighted by atomic mass is 35.5. The van der Waals surface area contributed by atoms with Crippen LogP contribution in [0.15, 0.2) is 12.3 Å². The van der Waals surface area contributed by atoms with Gasteiger partial charge in [0.15, 0.2) is 0 Å². The first-order valence-corrected chi connectivity index (χ1v) is 11.1. The number of pyridine rings is 1. The van der Waals surface area contributed by atoms with Crippen LogP contribution in [0.2, 0.25) is 5.02 Å². The fourth-order valence-electron chi connectivity index (χ4n) is 4.30. The molecule has 174 valence electrons. The van der Waals surface area contributed by atoms with Gasteiger partial charge in [-0.1, -0.05) is 11.6 Å². The normalized spacial score (nSPS) is 23.7. The van der Waals surface area contributed by atoms with Gasteiger partial charge in [0.2, 0.25) is 5.91 Å². The number of piperidine rings is 1. The number of ether oxygens (including phenoxy) is 1. The number of amides is 1. The van der Waals surface area contributed by atoms with Gasteiger partial charge in [0.1, 0.15) is 5.82 Å². The van der Waals surface area contributed by atoms with Crippen LogP contribution in [-0.2, 0) is 15.7 Å². The molecule has 0 aliphatic carbocycles. The molecule has 31 heavy (non-hydrogen) atoms. The summed E-state index contributed by atoms with van der Waals surface area (Å²) in [6.45, 7) is 8.59. The number of rotatable bonds is 6. The number of morpholine rings is 1. The number of carbonyl (C=O) groups excluding carboxylic acids is 1. The van der Waals surface area contributed by atoms with Gasteiger partial charge in [-0.3, -0.25) is 9.69 Å². The van der Waals surface area contributed by atoms with Gasteiger partial charge in [0.05, 0.1) is 22.8 Å². The number of anilines is 1. The monoisotopic (exact) mass is 462 g/mol. The van der Waals surface area contributed by atoms with E-state index >= 15 is 0 Å². The van der Waals surface area contributed by atoms with Crippen LogP contribution in [0.5, 0.6) is 0 Å². The van der Waals surface area contributed by atoms with E-state index in [1.54, 1.807) is 0 Å². The largest absolute Gasteiger partial charge is 0.417 e. The number of hydrogen-bond acceptors (Lipinski definition) is 5. The third-order valence-electron chi connectivity index (χ3n) is 5.76. The lowest BCUT2D eigenvalue weighted by molar-refractivity contribution is -0.137. The van der Waals surface area contributed by atoms with Gasteiger partial charge in [-0.15, -0.1) is 0 Å². The lowest BCUT2D eigenvalue weighted by Crippen LogP contribution is -2.46. The van der Waals surface area contributed by atoms with E-state index in [0.29, 0.717) is 38.3 Å². The molecule has 2 aliphatic rings. The Balaban J connectivity index is 1.40. The van der Waals surface area contributed by atoms with E-state index in [2.05, 4.69) is 29.0 Å². The molecule has 3 heterocycles. The first-order chi connectivity index (χ1) is 14.6. The van der Waals surface area contributed by atoms with Crippen molar-refractivity contribution < 1.29 is 22.7 Å². The smallest absolute Gasteiger partial charge is 0.373 e. The minimum absolute atomic E-state index is 0.0236. The molecule has 3 rings (SSSR count). The zero-order valence-corrected chi connectivity index (χ0v) is 18.7. The van der Waals surface area contributed by atoms with E-state index in [-0.39, 0.29) is 29.1 Å². The average Bonchev–Trinajstić information content (AvgIpc) is 2.70. The average molecular weight is 463 g/mol. The maximum atomic E-state index is 12.8. The van der Waals surface area contributed by atoms with Crippen LogP contribution in [0.25, 0.3) is 0 Å². The van der Waals surface area contributed by atoms with E-state index < -0.39 is 11.7 Å². The number of halogens is 4. The number of aromatic nitrogens is 1. The number of hydrogen-bond donors (Lipinski definition) is 1. The summed E-state index contributed by atoms with van der Waals surface area (Å²) in [4.78, 5) is 20.6. The summed E-state index contributed by atoms with van der Waals surface area (Å²) in [7, 11) is 0. The lowest BCUT2D eigenvalue weighted by Gasteiger charge is -2.35. The van der Waals surface area contributed by atoms with Crippen LogP contribution in [0.4, 0.5) is 19.0 Å². The van der Waals surface area contributed by atoms with Crippen molar-refractivity contribution in [3.05, 3.63) is 22.8 Å². The van der Waals surface area contributed by atoms with Crippen molar-refractivity contribution >= 4 is 23.3 Å². The molecule has 2 saturated heterocycles. The first kappa shape index (κ1) is 24.1. The van der Waals surface area contributed by atoms with E-state index in [4.69, 9.17) is 16.3 Å². The minimum Gasteiger partial charge on any atom is -0.373 e. The Morgan fingerprint density at radius 3 is 2.48 bits per heavy atom. The summed E-state index contributed by atoms with van der Waals surface area (Å²) in [5.41, 5.74) is -0.864. The van der Waals surface area contributed by atoms with Gasteiger partial charge in [-0.25, -0.2) is 4.98 Å². The van der Waals surface area contributed by atoms with Gasteiger partial charge in [0, 0.05) is 51.4 Å². The fraction of sp³-hybridized carbons (Fsp3) is 0.714.